The van der Waals surface area contributed by atoms with E-state index in [0.717, 1.165) is 5.12 Å². The van der Waals surface area contributed by atoms with Crippen molar-refractivity contribution in [3.05, 3.63) is 34.4 Å². The van der Waals surface area contributed by atoms with E-state index < -0.39 is 11.0 Å². The van der Waals surface area contributed by atoms with Crippen LogP contribution in [0.25, 0.3) is 0 Å². The highest BCUT2D eigenvalue weighted by atomic mass is 16.8. The lowest BCUT2D eigenvalue weighted by Crippen LogP contribution is -2.38. The molecule has 15 heavy (non-hydrogen) atoms. The quantitative estimate of drug-likeness (QED) is 0.544. The average molecular weight is 210 g/mol. The van der Waals surface area contributed by atoms with Crippen LogP contribution in [0.5, 0.6) is 0 Å². The van der Waals surface area contributed by atoms with E-state index in [4.69, 9.17) is 0 Å². The van der Waals surface area contributed by atoms with Gasteiger partial charge in [0, 0.05) is 12.1 Å². The highest BCUT2D eigenvalue weighted by Gasteiger charge is 2.21. The van der Waals surface area contributed by atoms with Gasteiger partial charge in [0.05, 0.1) is 10.6 Å². The Hall–Kier alpha value is -2.35. The van der Waals surface area contributed by atoms with Gasteiger partial charge in [0.1, 0.15) is 0 Å². The largest absolute Gasteiger partial charge is 0.448 e. The Morgan fingerprint density at radius 2 is 2.27 bits per heavy atom. The number of benzene rings is 1. The highest BCUT2D eigenvalue weighted by Crippen LogP contribution is 2.19. The van der Waals surface area contributed by atoms with Gasteiger partial charge in [-0.1, -0.05) is 6.07 Å². The van der Waals surface area contributed by atoms with Crippen LogP contribution in [0.2, 0.25) is 0 Å². The molecule has 1 aromatic rings. The number of nitrogens with one attached hydrogen (secondary N) is 2. The van der Waals surface area contributed by atoms with E-state index in [9.17, 15) is 14.9 Å². The molecular weight excluding hydrogens is 204 g/mol. The molecule has 8 nitrogen and oxygen atoms in total. The molecule has 0 spiro atoms. The molecule has 0 radical (unpaired) electrons. The molecule has 1 aromatic carbocycles. The van der Waals surface area contributed by atoms with Crippen LogP contribution in [0.1, 0.15) is 0 Å². The van der Waals surface area contributed by atoms with Gasteiger partial charge in [-0.25, -0.2) is 10.2 Å². The summed E-state index contributed by atoms with van der Waals surface area (Å²) in [5, 5.41) is 11.6. The van der Waals surface area contributed by atoms with E-state index >= 15 is 0 Å². The zero-order chi connectivity index (χ0) is 10.8. The van der Waals surface area contributed by atoms with Crippen LogP contribution < -0.4 is 16.1 Å². The number of rotatable bonds is 2. The van der Waals surface area contributed by atoms with Gasteiger partial charge in [0.15, 0.2) is 0 Å². The molecule has 1 heterocycles. The molecule has 1 fully saturated rings. The van der Waals surface area contributed by atoms with Gasteiger partial charge in [0.25, 0.3) is 5.69 Å². The number of hydrazine groups is 2. The number of carbonyl (C=O) groups excluding carboxylic acids is 1. The van der Waals surface area contributed by atoms with Crippen molar-refractivity contribution in [3.8, 4) is 0 Å². The van der Waals surface area contributed by atoms with Crippen LogP contribution in [0.15, 0.2) is 24.3 Å². The molecule has 1 aliphatic heterocycles. The second-order valence-electron chi connectivity index (χ2n) is 2.70. The minimum Gasteiger partial charge on any atom is -0.330 e. The Morgan fingerprint density at radius 1 is 1.47 bits per heavy atom. The van der Waals surface area contributed by atoms with E-state index in [1.165, 1.54) is 18.2 Å². The lowest BCUT2D eigenvalue weighted by atomic mass is 10.3. The van der Waals surface area contributed by atoms with Crippen LogP contribution in [0.3, 0.4) is 0 Å². The Kier molecular flexibility index (Phi) is 2.10. The van der Waals surface area contributed by atoms with Gasteiger partial charge in [-0.2, -0.15) is 5.12 Å². The van der Waals surface area contributed by atoms with E-state index in [1.54, 1.807) is 6.07 Å². The zero-order valence-electron chi connectivity index (χ0n) is 7.34. The summed E-state index contributed by atoms with van der Waals surface area (Å²) < 4.78 is 0. The predicted octanol–water partition coefficient (Wildman–Crippen LogP) is 0.476. The molecule has 2 rings (SSSR count). The SMILES string of the molecule is O=C1NN(c2cccc([N+](=O)[O-])c2)NO1. The van der Waals surface area contributed by atoms with Crippen molar-refractivity contribution in [2.24, 2.45) is 0 Å². The van der Waals surface area contributed by atoms with Crippen LogP contribution >= 0.6 is 0 Å². The number of nitro groups is 1. The fourth-order valence-electron chi connectivity index (χ4n) is 1.09. The molecule has 0 aromatic heterocycles. The first-order chi connectivity index (χ1) is 7.16. The number of nitrogens with zero attached hydrogens (tertiary/aromatic N) is 2. The van der Waals surface area contributed by atoms with Gasteiger partial charge in [-0.15, -0.1) is 0 Å². The van der Waals surface area contributed by atoms with E-state index in [-0.39, 0.29) is 5.69 Å². The predicted molar refractivity (Wildman–Crippen MR) is 48.3 cm³/mol. The number of carbonyl (C=O) groups is 1. The summed E-state index contributed by atoms with van der Waals surface area (Å²) in [4.78, 5) is 25.0. The Morgan fingerprint density at radius 3 is 2.87 bits per heavy atom. The maximum atomic E-state index is 10.7. The second kappa shape index (κ2) is 3.42. The third kappa shape index (κ3) is 1.79. The van der Waals surface area contributed by atoms with E-state index in [0.29, 0.717) is 5.69 Å². The third-order valence-electron chi connectivity index (χ3n) is 1.73. The fourth-order valence-corrected chi connectivity index (χ4v) is 1.09. The number of anilines is 1. The highest BCUT2D eigenvalue weighted by molar-refractivity contribution is 5.72. The lowest BCUT2D eigenvalue weighted by Gasteiger charge is -2.12. The monoisotopic (exact) mass is 210 g/mol. The summed E-state index contributed by atoms with van der Waals surface area (Å²) in [5.74, 6) is 0. The number of hydrogen-bond acceptors (Lipinski definition) is 6. The molecule has 0 aliphatic carbocycles. The topological polar surface area (TPSA) is 96.7 Å². The number of amides is 1. The Labute approximate surface area is 83.5 Å². The summed E-state index contributed by atoms with van der Waals surface area (Å²) >= 11 is 0. The van der Waals surface area contributed by atoms with Crippen LogP contribution in [0, 0.1) is 10.1 Å². The van der Waals surface area contributed by atoms with Crippen molar-refractivity contribution < 1.29 is 14.6 Å². The Balaban J connectivity index is 2.25. The molecule has 8 heteroatoms. The molecular formula is C7H6N4O4. The van der Waals surface area contributed by atoms with E-state index in [1.807, 2.05) is 0 Å². The first-order valence-electron chi connectivity index (χ1n) is 3.94. The molecule has 0 saturated carbocycles. The maximum Gasteiger partial charge on any atom is 0.448 e. The number of hydrogen-bond donors (Lipinski definition) is 2. The van der Waals surface area contributed by atoms with Crippen molar-refractivity contribution >= 4 is 17.5 Å². The van der Waals surface area contributed by atoms with Gasteiger partial charge in [-0.05, 0) is 11.7 Å². The standard InChI is InChI=1S/C7H6N4O4/c12-7-8-10(9-15-7)5-2-1-3-6(4-5)11(13)14/h1-4,9H,(H,8,12). The summed E-state index contributed by atoms with van der Waals surface area (Å²) in [6.45, 7) is 0. The van der Waals surface area contributed by atoms with Crippen LogP contribution in [0.4, 0.5) is 16.2 Å². The first-order valence-corrected chi connectivity index (χ1v) is 3.94. The average Bonchev–Trinajstić information content (AvgIpc) is 2.65. The van der Waals surface area contributed by atoms with Crippen molar-refractivity contribution in [1.82, 2.24) is 11.0 Å². The maximum absolute atomic E-state index is 10.7. The second-order valence-corrected chi connectivity index (χ2v) is 2.70. The summed E-state index contributed by atoms with van der Waals surface area (Å²) in [6.07, 6.45) is -0.679. The molecule has 0 unspecified atom stereocenters. The smallest absolute Gasteiger partial charge is 0.330 e. The molecule has 78 valence electrons. The fraction of sp³-hybridized carbons (Fsp3) is 0. The van der Waals surface area contributed by atoms with Gasteiger partial charge >= 0.3 is 6.09 Å². The molecule has 2 N–H and O–H groups in total. The summed E-state index contributed by atoms with van der Waals surface area (Å²) in [6, 6.07) is 5.72. The zero-order valence-corrected chi connectivity index (χ0v) is 7.34. The van der Waals surface area contributed by atoms with Crippen molar-refractivity contribution in [1.29, 1.82) is 0 Å². The normalized spacial score (nSPS) is 14.7. The van der Waals surface area contributed by atoms with Gasteiger partial charge < -0.3 is 4.84 Å². The minimum atomic E-state index is -0.679. The molecule has 1 amide bonds. The molecule has 1 aliphatic rings. The minimum absolute atomic E-state index is 0.0737. The van der Waals surface area contributed by atoms with Crippen LogP contribution in [-0.2, 0) is 4.84 Å². The number of non-ortho nitro benzene ring substituents is 1. The lowest BCUT2D eigenvalue weighted by molar-refractivity contribution is -0.384. The van der Waals surface area contributed by atoms with Gasteiger partial charge in [-0.3, -0.25) is 10.1 Å². The van der Waals surface area contributed by atoms with Crippen molar-refractivity contribution in [2.45, 2.75) is 0 Å². The van der Waals surface area contributed by atoms with Crippen molar-refractivity contribution in [2.75, 3.05) is 5.12 Å². The van der Waals surface area contributed by atoms with Gasteiger partial charge in [0.2, 0.25) is 0 Å². The van der Waals surface area contributed by atoms with E-state index in [2.05, 4.69) is 15.9 Å². The first kappa shape index (κ1) is 9.21. The summed E-state index contributed by atoms with van der Waals surface area (Å²) in [7, 11) is 0. The number of nitro benzene ring substituents is 1. The summed E-state index contributed by atoms with van der Waals surface area (Å²) in [5.41, 5.74) is 4.84. The van der Waals surface area contributed by atoms with Crippen LogP contribution in [-0.4, -0.2) is 11.0 Å². The molecule has 0 bridgehead atoms. The molecule has 0 atom stereocenters. The Bertz CT molecular complexity index is 421. The third-order valence-corrected chi connectivity index (χ3v) is 1.73. The molecule has 1 saturated heterocycles. The van der Waals surface area contributed by atoms with Crippen molar-refractivity contribution in [3.63, 3.8) is 0 Å².